The number of carbonyl (C=O) groups excluding carboxylic acids is 1. The molecule has 3 aromatic rings. The fourth-order valence-corrected chi connectivity index (χ4v) is 5.46. The van der Waals surface area contributed by atoms with E-state index in [1.165, 1.54) is 23.1 Å². The van der Waals surface area contributed by atoms with Gasteiger partial charge in [-0.1, -0.05) is 61.5 Å². The molecular formula is C23H27N3O2S2. The van der Waals surface area contributed by atoms with Gasteiger partial charge in [-0.25, -0.2) is 4.98 Å². The highest BCUT2D eigenvalue weighted by atomic mass is 32.2. The van der Waals surface area contributed by atoms with E-state index in [1.807, 2.05) is 44.2 Å². The van der Waals surface area contributed by atoms with Crippen molar-refractivity contribution in [3.05, 3.63) is 58.9 Å². The molecule has 2 heterocycles. The summed E-state index contributed by atoms with van der Waals surface area (Å²) >= 11 is 2.81. The summed E-state index contributed by atoms with van der Waals surface area (Å²) in [6.45, 7) is 10.2. The second-order valence-corrected chi connectivity index (χ2v) is 9.19. The van der Waals surface area contributed by atoms with Crippen molar-refractivity contribution in [2.45, 2.75) is 51.4 Å². The minimum absolute atomic E-state index is 0.0483. The van der Waals surface area contributed by atoms with Crippen molar-refractivity contribution in [2.75, 3.05) is 5.75 Å². The Morgan fingerprint density at radius 3 is 2.77 bits per heavy atom. The van der Waals surface area contributed by atoms with Crippen molar-refractivity contribution >= 4 is 39.2 Å². The maximum absolute atomic E-state index is 13.3. The van der Waals surface area contributed by atoms with Gasteiger partial charge in [-0.3, -0.25) is 14.2 Å². The number of nitrogens with one attached hydrogen (secondary N) is 1. The van der Waals surface area contributed by atoms with E-state index in [-0.39, 0.29) is 23.3 Å². The Morgan fingerprint density at radius 2 is 2.10 bits per heavy atom. The molecule has 3 rings (SSSR count). The summed E-state index contributed by atoms with van der Waals surface area (Å²) in [5.41, 5.74) is 1.93. The molecule has 0 aliphatic rings. The molecule has 5 nitrogen and oxygen atoms in total. The maximum atomic E-state index is 13.3. The highest BCUT2D eigenvalue weighted by Crippen LogP contribution is 2.36. The maximum Gasteiger partial charge on any atom is 0.263 e. The van der Waals surface area contributed by atoms with Crippen LogP contribution in [0.25, 0.3) is 20.7 Å². The molecule has 1 N–H and O–H groups in total. The molecule has 0 unspecified atom stereocenters. The van der Waals surface area contributed by atoms with E-state index in [2.05, 4.69) is 18.8 Å². The van der Waals surface area contributed by atoms with Gasteiger partial charge in [0.2, 0.25) is 5.91 Å². The van der Waals surface area contributed by atoms with Crippen LogP contribution in [0.5, 0.6) is 0 Å². The number of hydrogen-bond donors (Lipinski definition) is 1. The molecule has 0 bridgehead atoms. The molecule has 0 aliphatic carbocycles. The Morgan fingerprint density at radius 1 is 1.37 bits per heavy atom. The highest BCUT2D eigenvalue weighted by Gasteiger charge is 2.19. The van der Waals surface area contributed by atoms with Gasteiger partial charge in [0, 0.05) is 17.5 Å². The van der Waals surface area contributed by atoms with Gasteiger partial charge in [-0.05, 0) is 31.4 Å². The molecule has 0 spiro atoms. The minimum atomic E-state index is -0.0851. The molecule has 1 amide bonds. The molecule has 1 atom stereocenters. The zero-order chi connectivity index (χ0) is 21.7. The first-order valence-corrected chi connectivity index (χ1v) is 11.9. The van der Waals surface area contributed by atoms with Crippen LogP contribution in [-0.2, 0) is 11.3 Å². The van der Waals surface area contributed by atoms with Crippen LogP contribution in [0, 0.1) is 6.92 Å². The summed E-state index contributed by atoms with van der Waals surface area (Å²) in [4.78, 5) is 32.1. The molecule has 1 aromatic carbocycles. The van der Waals surface area contributed by atoms with Gasteiger partial charge in [-0.15, -0.1) is 17.9 Å². The average Bonchev–Trinajstić information content (AvgIpc) is 3.06. The second-order valence-electron chi connectivity index (χ2n) is 7.25. The zero-order valence-corrected chi connectivity index (χ0v) is 19.2. The van der Waals surface area contributed by atoms with Crippen LogP contribution in [0.2, 0.25) is 0 Å². The molecule has 158 valence electrons. The Hall–Kier alpha value is -2.38. The summed E-state index contributed by atoms with van der Waals surface area (Å²) < 4.78 is 1.61. The normalized spacial score (nSPS) is 12.1. The van der Waals surface area contributed by atoms with Crippen molar-refractivity contribution in [1.29, 1.82) is 0 Å². The number of aryl methyl sites for hydroxylation is 1. The van der Waals surface area contributed by atoms with Crippen LogP contribution in [0.15, 0.2) is 52.9 Å². The smallest absolute Gasteiger partial charge is 0.263 e. The lowest BCUT2D eigenvalue weighted by molar-refractivity contribution is -0.119. The fraction of sp³-hybridized carbons (Fsp3) is 0.348. The van der Waals surface area contributed by atoms with E-state index in [0.717, 1.165) is 28.8 Å². The van der Waals surface area contributed by atoms with Crippen LogP contribution < -0.4 is 10.9 Å². The number of nitrogens with zero attached hydrogens (tertiary/aromatic N) is 2. The van der Waals surface area contributed by atoms with E-state index >= 15 is 0 Å². The molecule has 0 aliphatic heterocycles. The largest absolute Gasteiger partial charge is 0.353 e. The quantitative estimate of drug-likeness (QED) is 0.288. The van der Waals surface area contributed by atoms with Crippen LogP contribution in [0.4, 0.5) is 0 Å². The number of thioether (sulfide) groups is 1. The highest BCUT2D eigenvalue weighted by molar-refractivity contribution is 7.99. The number of carbonyl (C=O) groups is 1. The standard InChI is InChI=1S/C23H27N3O2S2/c1-5-10-15(3)24-18(27)14-29-23-25-21-19(22(28)26(23)13-6-2)16(4)20(30-21)17-11-8-7-9-12-17/h6-9,11-12,15H,2,5,10,13-14H2,1,3-4H3,(H,24,27)/t15-/m0/s1. The van der Waals surface area contributed by atoms with Crippen LogP contribution in [0.1, 0.15) is 32.3 Å². The van der Waals surface area contributed by atoms with Crippen molar-refractivity contribution < 1.29 is 4.79 Å². The lowest BCUT2D eigenvalue weighted by Gasteiger charge is -2.13. The summed E-state index contributed by atoms with van der Waals surface area (Å²) in [5, 5.41) is 4.19. The van der Waals surface area contributed by atoms with Crippen molar-refractivity contribution in [1.82, 2.24) is 14.9 Å². The monoisotopic (exact) mass is 441 g/mol. The molecule has 7 heteroatoms. The van der Waals surface area contributed by atoms with Gasteiger partial charge >= 0.3 is 0 Å². The predicted octanol–water partition coefficient (Wildman–Crippen LogP) is 5.02. The molecule has 0 fully saturated rings. The summed E-state index contributed by atoms with van der Waals surface area (Å²) in [6, 6.07) is 10.2. The van der Waals surface area contributed by atoms with Crippen LogP contribution >= 0.6 is 23.1 Å². The third kappa shape index (κ3) is 4.84. The first-order chi connectivity index (χ1) is 14.5. The third-order valence-electron chi connectivity index (χ3n) is 4.82. The number of amides is 1. The summed E-state index contributed by atoms with van der Waals surface area (Å²) in [7, 11) is 0. The van der Waals surface area contributed by atoms with Gasteiger partial charge in [0.15, 0.2) is 5.16 Å². The predicted molar refractivity (Wildman–Crippen MR) is 127 cm³/mol. The van der Waals surface area contributed by atoms with Gasteiger partial charge in [0.1, 0.15) is 4.83 Å². The van der Waals surface area contributed by atoms with Crippen LogP contribution in [-0.4, -0.2) is 27.3 Å². The Labute approximate surface area is 185 Å². The summed E-state index contributed by atoms with van der Waals surface area (Å²) in [6.07, 6.45) is 3.65. The second kappa shape index (κ2) is 10.1. The van der Waals surface area contributed by atoms with Crippen molar-refractivity contribution in [3.8, 4) is 10.4 Å². The Balaban J connectivity index is 1.96. The molecule has 0 radical (unpaired) electrons. The van der Waals surface area contributed by atoms with Crippen molar-refractivity contribution in [2.24, 2.45) is 0 Å². The first-order valence-electron chi connectivity index (χ1n) is 10.1. The minimum Gasteiger partial charge on any atom is -0.353 e. The van der Waals surface area contributed by atoms with Crippen molar-refractivity contribution in [3.63, 3.8) is 0 Å². The van der Waals surface area contributed by atoms with E-state index in [1.54, 1.807) is 10.6 Å². The molecule has 0 saturated heterocycles. The number of thiophene rings is 1. The number of benzene rings is 1. The lowest BCUT2D eigenvalue weighted by Crippen LogP contribution is -2.34. The zero-order valence-electron chi connectivity index (χ0n) is 17.6. The molecule has 2 aromatic heterocycles. The number of rotatable bonds is 9. The first kappa shape index (κ1) is 22.3. The number of allylic oxidation sites excluding steroid dienone is 1. The van der Waals surface area contributed by atoms with E-state index < -0.39 is 0 Å². The fourth-order valence-electron chi connectivity index (χ4n) is 3.41. The van der Waals surface area contributed by atoms with E-state index in [9.17, 15) is 9.59 Å². The van der Waals surface area contributed by atoms with Gasteiger partial charge in [-0.2, -0.15) is 0 Å². The topological polar surface area (TPSA) is 64.0 Å². The average molecular weight is 442 g/mol. The third-order valence-corrected chi connectivity index (χ3v) is 7.04. The van der Waals surface area contributed by atoms with E-state index in [0.29, 0.717) is 21.9 Å². The Bertz CT molecular complexity index is 1100. The van der Waals surface area contributed by atoms with E-state index in [4.69, 9.17) is 4.98 Å². The SMILES string of the molecule is C=CCn1c(SCC(=O)N[C@@H](C)CCC)nc2sc(-c3ccccc3)c(C)c2c1=O. The number of hydrogen-bond acceptors (Lipinski definition) is 5. The van der Waals surface area contributed by atoms with Gasteiger partial charge < -0.3 is 5.32 Å². The number of fused-ring (bicyclic) bond motifs is 1. The molecular weight excluding hydrogens is 414 g/mol. The van der Waals surface area contributed by atoms with Crippen LogP contribution in [0.3, 0.4) is 0 Å². The number of aromatic nitrogens is 2. The Kier molecular flexibility index (Phi) is 7.50. The lowest BCUT2D eigenvalue weighted by atomic mass is 10.1. The summed E-state index contributed by atoms with van der Waals surface area (Å²) in [5.74, 6) is 0.173. The van der Waals surface area contributed by atoms with Gasteiger partial charge in [0.25, 0.3) is 5.56 Å². The molecule has 30 heavy (non-hydrogen) atoms. The molecule has 0 saturated carbocycles. The van der Waals surface area contributed by atoms with Gasteiger partial charge in [0.05, 0.1) is 11.1 Å².